The summed E-state index contributed by atoms with van der Waals surface area (Å²) in [6, 6.07) is 7.81. The molecular weight excluding hydrogens is 361 g/mol. The predicted octanol–water partition coefficient (Wildman–Crippen LogP) is 3.57. The Hall–Kier alpha value is -2.18. The van der Waals surface area contributed by atoms with Crippen LogP contribution >= 0.6 is 23.2 Å². The summed E-state index contributed by atoms with van der Waals surface area (Å²) in [6.45, 7) is -0.333. The second-order valence-corrected chi connectivity index (χ2v) is 5.65. The van der Waals surface area contributed by atoms with E-state index in [4.69, 9.17) is 23.2 Å². The number of anilines is 1. The zero-order chi connectivity index (χ0) is 17.7. The van der Waals surface area contributed by atoms with Crippen LogP contribution in [0.4, 0.5) is 14.5 Å². The molecule has 0 aliphatic rings. The van der Waals surface area contributed by atoms with Crippen molar-refractivity contribution in [1.29, 1.82) is 0 Å². The monoisotopic (exact) mass is 372 g/mol. The lowest BCUT2D eigenvalue weighted by Gasteiger charge is -2.09. The molecule has 0 unspecified atom stereocenters. The zero-order valence-electron chi connectivity index (χ0n) is 12.2. The number of hydrogen-bond acceptors (Lipinski definition) is 2. The number of hydrogen-bond donors (Lipinski definition) is 2. The molecule has 0 saturated heterocycles. The van der Waals surface area contributed by atoms with Gasteiger partial charge in [-0.05, 0) is 29.8 Å². The van der Waals surface area contributed by atoms with Gasteiger partial charge in [0.25, 0.3) is 0 Å². The molecule has 0 heterocycles. The van der Waals surface area contributed by atoms with E-state index in [2.05, 4.69) is 10.6 Å². The summed E-state index contributed by atoms with van der Waals surface area (Å²) in [5.41, 5.74) is 0.543. The van der Waals surface area contributed by atoms with Crippen molar-refractivity contribution < 1.29 is 18.4 Å². The van der Waals surface area contributed by atoms with Crippen molar-refractivity contribution in [2.24, 2.45) is 0 Å². The topological polar surface area (TPSA) is 58.2 Å². The van der Waals surface area contributed by atoms with E-state index in [9.17, 15) is 18.4 Å². The van der Waals surface area contributed by atoms with Crippen molar-refractivity contribution in [2.45, 2.75) is 6.42 Å². The summed E-state index contributed by atoms with van der Waals surface area (Å²) in [4.78, 5) is 23.6. The molecule has 0 radical (unpaired) electrons. The number of nitrogens with one attached hydrogen (secondary N) is 2. The molecule has 24 heavy (non-hydrogen) atoms. The fourth-order valence-electron chi connectivity index (χ4n) is 1.88. The van der Waals surface area contributed by atoms with E-state index >= 15 is 0 Å². The maximum absolute atomic E-state index is 13.0. The first-order valence-electron chi connectivity index (χ1n) is 6.81. The van der Waals surface area contributed by atoms with Gasteiger partial charge in [0, 0.05) is 21.8 Å². The Balaban J connectivity index is 1.87. The molecule has 2 aromatic carbocycles. The Morgan fingerprint density at radius 3 is 2.25 bits per heavy atom. The Morgan fingerprint density at radius 2 is 1.62 bits per heavy atom. The van der Waals surface area contributed by atoms with Gasteiger partial charge >= 0.3 is 0 Å². The smallest absolute Gasteiger partial charge is 0.243 e. The normalized spacial score (nSPS) is 10.3. The van der Waals surface area contributed by atoms with Crippen LogP contribution in [0.5, 0.6) is 0 Å². The van der Waals surface area contributed by atoms with E-state index in [-0.39, 0.29) is 18.7 Å². The van der Waals surface area contributed by atoms with Crippen LogP contribution in [0.15, 0.2) is 36.4 Å². The van der Waals surface area contributed by atoms with E-state index < -0.39 is 23.4 Å². The highest BCUT2D eigenvalue weighted by molar-refractivity contribution is 6.36. The van der Waals surface area contributed by atoms with Gasteiger partial charge in [0.05, 0.1) is 13.0 Å². The van der Waals surface area contributed by atoms with Crippen LogP contribution in [0, 0.1) is 11.6 Å². The maximum atomic E-state index is 13.0. The van der Waals surface area contributed by atoms with Crippen molar-refractivity contribution in [3.8, 4) is 0 Å². The highest BCUT2D eigenvalue weighted by Crippen LogP contribution is 2.24. The van der Waals surface area contributed by atoms with Gasteiger partial charge in [-0.25, -0.2) is 8.78 Å². The van der Waals surface area contributed by atoms with Gasteiger partial charge in [-0.3, -0.25) is 9.59 Å². The van der Waals surface area contributed by atoms with Gasteiger partial charge < -0.3 is 10.6 Å². The highest BCUT2D eigenvalue weighted by atomic mass is 35.5. The number of amides is 2. The summed E-state index contributed by atoms with van der Waals surface area (Å²) < 4.78 is 25.8. The molecule has 2 aromatic rings. The molecule has 0 saturated carbocycles. The second-order valence-electron chi connectivity index (χ2n) is 4.83. The van der Waals surface area contributed by atoms with Gasteiger partial charge in [-0.1, -0.05) is 29.3 Å². The van der Waals surface area contributed by atoms with Gasteiger partial charge in [-0.15, -0.1) is 0 Å². The number of benzene rings is 2. The van der Waals surface area contributed by atoms with Crippen LogP contribution in [-0.2, 0) is 16.0 Å². The van der Waals surface area contributed by atoms with Crippen molar-refractivity contribution in [1.82, 2.24) is 5.32 Å². The molecule has 0 spiro atoms. The molecule has 4 nitrogen and oxygen atoms in total. The zero-order valence-corrected chi connectivity index (χ0v) is 13.7. The largest absolute Gasteiger partial charge is 0.347 e. The molecule has 0 fully saturated rings. The minimum atomic E-state index is -1.08. The maximum Gasteiger partial charge on any atom is 0.243 e. The second kappa shape index (κ2) is 8.08. The average molecular weight is 373 g/mol. The van der Waals surface area contributed by atoms with Crippen molar-refractivity contribution >= 4 is 40.7 Å². The van der Waals surface area contributed by atoms with Gasteiger partial charge in [-0.2, -0.15) is 0 Å². The minimum absolute atomic E-state index is 0.0855. The molecule has 8 heteroatoms. The Morgan fingerprint density at radius 1 is 0.958 bits per heavy atom. The first kappa shape index (κ1) is 18.2. The molecular formula is C16H12Cl2F2N2O2. The third-order valence-corrected chi connectivity index (χ3v) is 3.76. The van der Waals surface area contributed by atoms with Crippen molar-refractivity contribution in [3.05, 3.63) is 63.6 Å². The summed E-state index contributed by atoms with van der Waals surface area (Å²) in [6.07, 6.45) is -0.0863. The van der Waals surface area contributed by atoms with Crippen LogP contribution in [0.2, 0.25) is 10.0 Å². The third kappa shape index (κ3) is 4.91. The SMILES string of the molecule is O=C(Cc1c(Cl)cccc1Cl)NCC(=O)Nc1ccc(F)c(F)c1. The molecule has 0 aliphatic heterocycles. The fraction of sp³-hybridized carbons (Fsp3) is 0.125. The lowest BCUT2D eigenvalue weighted by atomic mass is 10.1. The quantitative estimate of drug-likeness (QED) is 0.842. The summed E-state index contributed by atoms with van der Waals surface area (Å²) in [5, 5.41) is 5.44. The third-order valence-electron chi connectivity index (χ3n) is 3.05. The Kier molecular flexibility index (Phi) is 6.11. The molecule has 0 atom stereocenters. The predicted molar refractivity (Wildman–Crippen MR) is 88.2 cm³/mol. The minimum Gasteiger partial charge on any atom is -0.347 e. The van der Waals surface area contributed by atoms with Crippen LogP contribution in [0.1, 0.15) is 5.56 Å². The fourth-order valence-corrected chi connectivity index (χ4v) is 2.41. The van der Waals surface area contributed by atoms with Crippen molar-refractivity contribution in [2.75, 3.05) is 11.9 Å². The van der Waals surface area contributed by atoms with E-state index in [0.717, 1.165) is 12.1 Å². The molecule has 0 aliphatic carbocycles. The molecule has 0 aromatic heterocycles. The van der Waals surface area contributed by atoms with Crippen LogP contribution in [0.3, 0.4) is 0 Å². The first-order valence-corrected chi connectivity index (χ1v) is 7.57. The van der Waals surface area contributed by atoms with Crippen LogP contribution in [0.25, 0.3) is 0 Å². The molecule has 2 rings (SSSR count). The summed E-state index contributed by atoms with van der Waals surface area (Å²) >= 11 is 11.9. The lowest BCUT2D eigenvalue weighted by Crippen LogP contribution is -2.33. The summed E-state index contributed by atoms with van der Waals surface area (Å²) in [7, 11) is 0. The number of carbonyl (C=O) groups is 2. The molecule has 0 bridgehead atoms. The first-order chi connectivity index (χ1) is 11.4. The summed E-state index contributed by atoms with van der Waals surface area (Å²) in [5.74, 6) is -3.13. The number of carbonyl (C=O) groups excluding carboxylic acids is 2. The van der Waals surface area contributed by atoms with Gasteiger partial charge in [0.2, 0.25) is 11.8 Å². The lowest BCUT2D eigenvalue weighted by molar-refractivity contribution is -0.123. The molecule has 2 amide bonds. The molecule has 2 N–H and O–H groups in total. The molecule has 126 valence electrons. The van der Waals surface area contributed by atoms with E-state index in [1.54, 1.807) is 18.2 Å². The van der Waals surface area contributed by atoms with Crippen LogP contribution < -0.4 is 10.6 Å². The van der Waals surface area contributed by atoms with Crippen LogP contribution in [-0.4, -0.2) is 18.4 Å². The van der Waals surface area contributed by atoms with Gasteiger partial charge in [0.1, 0.15) is 0 Å². The van der Waals surface area contributed by atoms with E-state index in [1.807, 2.05) is 0 Å². The standard InChI is InChI=1S/C16H12Cl2F2N2O2/c17-11-2-1-3-12(18)10(11)7-15(23)21-8-16(24)22-9-4-5-13(19)14(20)6-9/h1-6H,7-8H2,(H,21,23)(H,22,24). The number of halogens is 4. The van der Waals surface area contributed by atoms with E-state index in [1.165, 1.54) is 6.07 Å². The Labute approximate surface area is 146 Å². The average Bonchev–Trinajstić information content (AvgIpc) is 2.53. The van der Waals surface area contributed by atoms with Gasteiger partial charge in [0.15, 0.2) is 11.6 Å². The Bertz CT molecular complexity index is 764. The van der Waals surface area contributed by atoms with Crippen molar-refractivity contribution in [3.63, 3.8) is 0 Å². The highest BCUT2D eigenvalue weighted by Gasteiger charge is 2.12. The van der Waals surface area contributed by atoms with E-state index in [0.29, 0.717) is 15.6 Å². The number of rotatable bonds is 5.